The summed E-state index contributed by atoms with van der Waals surface area (Å²) in [4.78, 5) is 10.5. The summed E-state index contributed by atoms with van der Waals surface area (Å²) >= 11 is 5.24. The first kappa shape index (κ1) is 13.1. The molecule has 2 heterocycles. The van der Waals surface area contributed by atoms with Gasteiger partial charge in [0.1, 0.15) is 5.82 Å². The molecule has 2 aromatic heterocycles. The highest BCUT2D eigenvalue weighted by atomic mass is 79.9. The van der Waals surface area contributed by atoms with E-state index in [0.29, 0.717) is 5.92 Å². The van der Waals surface area contributed by atoms with E-state index in [1.165, 1.54) is 18.5 Å². The monoisotopic (exact) mass is 337 g/mol. The zero-order valence-electron chi connectivity index (χ0n) is 10.8. The maximum absolute atomic E-state index is 4.74. The molecule has 19 heavy (non-hydrogen) atoms. The molecule has 1 saturated carbocycles. The maximum Gasteiger partial charge on any atom is 0.173 e. The van der Waals surface area contributed by atoms with Crippen molar-refractivity contribution in [3.63, 3.8) is 0 Å². The zero-order valence-corrected chi connectivity index (χ0v) is 13.2. The van der Waals surface area contributed by atoms with Crippen molar-refractivity contribution in [3.05, 3.63) is 27.7 Å². The number of halogens is 1. The van der Waals surface area contributed by atoms with Crippen molar-refractivity contribution in [2.24, 2.45) is 0 Å². The summed E-state index contributed by atoms with van der Waals surface area (Å²) in [6.07, 6.45) is 3.62. The van der Waals surface area contributed by atoms with Crippen LogP contribution in [0.15, 0.2) is 22.0 Å². The molecule has 0 aliphatic heterocycles. The van der Waals surface area contributed by atoms with E-state index in [0.717, 1.165) is 34.0 Å². The van der Waals surface area contributed by atoms with Crippen LogP contribution in [0.4, 0.5) is 5.82 Å². The lowest BCUT2D eigenvalue weighted by atomic mass is 10.2. The Hall–Kier alpha value is -0.940. The average molecular weight is 338 g/mol. The molecule has 0 bridgehead atoms. The van der Waals surface area contributed by atoms with Crippen molar-refractivity contribution in [1.82, 2.24) is 9.97 Å². The fourth-order valence-electron chi connectivity index (χ4n) is 1.95. The quantitative estimate of drug-likeness (QED) is 0.861. The minimum Gasteiger partial charge on any atom is -0.370 e. The number of rotatable bonds is 5. The minimum atomic E-state index is 0.641. The van der Waals surface area contributed by atoms with Gasteiger partial charge in [-0.2, -0.15) is 0 Å². The van der Waals surface area contributed by atoms with Crippen molar-refractivity contribution in [2.75, 3.05) is 11.9 Å². The lowest BCUT2D eigenvalue weighted by molar-refractivity contribution is 0.949. The van der Waals surface area contributed by atoms with Crippen LogP contribution in [0.25, 0.3) is 10.7 Å². The van der Waals surface area contributed by atoms with Gasteiger partial charge in [-0.1, -0.05) is 6.92 Å². The molecule has 0 unspecified atom stereocenters. The molecule has 0 saturated heterocycles. The van der Waals surface area contributed by atoms with E-state index < -0.39 is 0 Å². The lowest BCUT2D eigenvalue weighted by Crippen LogP contribution is -2.05. The first-order chi connectivity index (χ1) is 9.28. The molecule has 0 aromatic carbocycles. The van der Waals surface area contributed by atoms with Gasteiger partial charge in [-0.3, -0.25) is 0 Å². The number of anilines is 1. The Labute approximate surface area is 125 Å². The van der Waals surface area contributed by atoms with Gasteiger partial charge in [0.15, 0.2) is 5.82 Å². The van der Waals surface area contributed by atoms with E-state index in [1.54, 1.807) is 11.3 Å². The third-order valence-corrected chi connectivity index (χ3v) is 4.95. The molecular weight excluding hydrogens is 322 g/mol. The second kappa shape index (κ2) is 5.59. The van der Waals surface area contributed by atoms with E-state index in [9.17, 15) is 0 Å². The van der Waals surface area contributed by atoms with E-state index in [1.807, 2.05) is 6.07 Å². The van der Waals surface area contributed by atoms with Gasteiger partial charge in [0.25, 0.3) is 0 Å². The van der Waals surface area contributed by atoms with Crippen LogP contribution in [0, 0.1) is 0 Å². The number of hydrogen-bond donors (Lipinski definition) is 1. The van der Waals surface area contributed by atoms with E-state index in [-0.39, 0.29) is 0 Å². The molecule has 3 rings (SSSR count). The van der Waals surface area contributed by atoms with Crippen molar-refractivity contribution in [1.29, 1.82) is 0 Å². The molecule has 0 amide bonds. The van der Waals surface area contributed by atoms with E-state index in [4.69, 9.17) is 4.98 Å². The van der Waals surface area contributed by atoms with Gasteiger partial charge in [0.05, 0.1) is 4.88 Å². The molecule has 0 spiro atoms. The largest absolute Gasteiger partial charge is 0.370 e. The third kappa shape index (κ3) is 2.98. The molecule has 3 nitrogen and oxygen atoms in total. The third-order valence-electron chi connectivity index (χ3n) is 3.12. The SMILES string of the molecule is CCCNc1cc(C2CC2)nc(-c2sccc2Br)n1. The molecular formula is C14H16BrN3S. The lowest BCUT2D eigenvalue weighted by Gasteiger charge is -2.08. The molecule has 1 aliphatic carbocycles. The molecule has 1 N–H and O–H groups in total. The van der Waals surface area contributed by atoms with Crippen molar-refractivity contribution < 1.29 is 0 Å². The van der Waals surface area contributed by atoms with Crippen LogP contribution in [-0.2, 0) is 0 Å². The topological polar surface area (TPSA) is 37.8 Å². The van der Waals surface area contributed by atoms with Crippen molar-refractivity contribution in [3.8, 4) is 10.7 Å². The predicted molar refractivity (Wildman–Crippen MR) is 83.8 cm³/mol. The fourth-order valence-corrected chi connectivity index (χ4v) is 3.44. The van der Waals surface area contributed by atoms with E-state index >= 15 is 0 Å². The molecule has 100 valence electrons. The minimum absolute atomic E-state index is 0.641. The van der Waals surface area contributed by atoms with Crippen LogP contribution in [0.1, 0.15) is 37.8 Å². The van der Waals surface area contributed by atoms with Gasteiger partial charge < -0.3 is 5.32 Å². The van der Waals surface area contributed by atoms with Gasteiger partial charge in [0, 0.05) is 28.7 Å². The Bertz CT molecular complexity index is 578. The summed E-state index contributed by atoms with van der Waals surface area (Å²) in [5.74, 6) is 2.43. The number of nitrogens with one attached hydrogen (secondary N) is 1. The summed E-state index contributed by atoms with van der Waals surface area (Å²) in [5, 5.41) is 5.44. The number of hydrogen-bond acceptors (Lipinski definition) is 4. The molecule has 0 atom stereocenters. The van der Waals surface area contributed by atoms with Gasteiger partial charge >= 0.3 is 0 Å². The number of thiophene rings is 1. The Kier molecular flexibility index (Phi) is 3.84. The highest BCUT2D eigenvalue weighted by Crippen LogP contribution is 2.41. The highest BCUT2D eigenvalue weighted by Gasteiger charge is 2.26. The van der Waals surface area contributed by atoms with Crippen LogP contribution in [-0.4, -0.2) is 16.5 Å². The summed E-state index contributed by atoms with van der Waals surface area (Å²) in [6.45, 7) is 3.11. The van der Waals surface area contributed by atoms with Crippen LogP contribution >= 0.6 is 27.3 Å². The molecule has 0 radical (unpaired) electrons. The molecule has 5 heteroatoms. The first-order valence-electron chi connectivity index (χ1n) is 6.64. The molecule has 1 aliphatic rings. The number of nitrogens with zero attached hydrogens (tertiary/aromatic N) is 2. The second-order valence-corrected chi connectivity index (χ2v) is 6.57. The normalized spacial score (nSPS) is 14.6. The first-order valence-corrected chi connectivity index (χ1v) is 8.31. The Morgan fingerprint density at radius 1 is 1.42 bits per heavy atom. The molecule has 1 fully saturated rings. The Balaban J connectivity index is 1.98. The second-order valence-electron chi connectivity index (χ2n) is 4.80. The fraction of sp³-hybridized carbons (Fsp3) is 0.429. The smallest absolute Gasteiger partial charge is 0.173 e. The van der Waals surface area contributed by atoms with Crippen LogP contribution in [0.5, 0.6) is 0 Å². The predicted octanol–water partition coefficient (Wildman–Crippen LogP) is 4.67. The van der Waals surface area contributed by atoms with Gasteiger partial charge in [-0.05, 0) is 46.6 Å². The Morgan fingerprint density at radius 2 is 2.26 bits per heavy atom. The van der Waals surface area contributed by atoms with Crippen LogP contribution < -0.4 is 5.32 Å². The average Bonchev–Trinajstić information content (AvgIpc) is 3.18. The van der Waals surface area contributed by atoms with Crippen LogP contribution in [0.2, 0.25) is 0 Å². The van der Waals surface area contributed by atoms with Gasteiger partial charge in [-0.15, -0.1) is 11.3 Å². The zero-order chi connectivity index (χ0) is 13.2. The van der Waals surface area contributed by atoms with E-state index in [2.05, 4.69) is 44.6 Å². The van der Waals surface area contributed by atoms with Crippen LogP contribution in [0.3, 0.4) is 0 Å². The maximum atomic E-state index is 4.74. The summed E-state index contributed by atoms with van der Waals surface area (Å²) in [7, 11) is 0. The standard InChI is InChI=1S/C14H16BrN3S/c1-2-6-16-12-8-11(9-3-4-9)17-14(18-12)13-10(15)5-7-19-13/h5,7-9H,2-4,6H2,1H3,(H,16,17,18). The van der Waals surface area contributed by atoms with Crippen molar-refractivity contribution >= 4 is 33.1 Å². The van der Waals surface area contributed by atoms with Gasteiger partial charge in [0.2, 0.25) is 0 Å². The Morgan fingerprint density at radius 3 is 2.89 bits per heavy atom. The highest BCUT2D eigenvalue weighted by molar-refractivity contribution is 9.10. The van der Waals surface area contributed by atoms with Crippen molar-refractivity contribution in [2.45, 2.75) is 32.1 Å². The summed E-state index contributed by atoms with van der Waals surface area (Å²) in [5.41, 5.74) is 1.18. The van der Waals surface area contributed by atoms with Gasteiger partial charge in [-0.25, -0.2) is 9.97 Å². The summed E-state index contributed by atoms with van der Waals surface area (Å²) < 4.78 is 1.08. The number of aromatic nitrogens is 2. The summed E-state index contributed by atoms with van der Waals surface area (Å²) in [6, 6.07) is 4.16. The molecule has 2 aromatic rings.